The molecule has 0 aromatic heterocycles. The first kappa shape index (κ1) is 16.9. The third-order valence-electron chi connectivity index (χ3n) is 2.60. The van der Waals surface area contributed by atoms with E-state index in [-0.39, 0.29) is 5.97 Å². The third-order valence-corrected chi connectivity index (χ3v) is 4.09. The molecule has 106 valence electrons. The maximum absolute atomic E-state index is 11.4. The topological polar surface area (TPSA) is 89.5 Å². The quantitative estimate of drug-likeness (QED) is 0.509. The first-order valence-electron chi connectivity index (χ1n) is 5.82. The van der Waals surface area contributed by atoms with Crippen LogP contribution in [-0.2, 0) is 24.2 Å². The van der Waals surface area contributed by atoms with Crippen molar-refractivity contribution in [3.63, 3.8) is 0 Å². The molecule has 0 radical (unpaired) electrons. The summed E-state index contributed by atoms with van der Waals surface area (Å²) in [5.41, 5.74) is 0. The van der Waals surface area contributed by atoms with E-state index < -0.39 is 21.0 Å². The van der Waals surface area contributed by atoms with Crippen molar-refractivity contribution in [2.45, 2.75) is 37.9 Å². The fourth-order valence-electron chi connectivity index (χ4n) is 1.22. The molecule has 0 spiro atoms. The molecular formula is C11H21NO5S. The summed E-state index contributed by atoms with van der Waals surface area (Å²) in [4.78, 5) is 22.2. The minimum atomic E-state index is -3.34. The highest BCUT2D eigenvalue weighted by molar-refractivity contribution is 7.92. The third kappa shape index (κ3) is 7.26. The van der Waals surface area contributed by atoms with Crippen molar-refractivity contribution in [2.75, 3.05) is 19.9 Å². The van der Waals surface area contributed by atoms with Crippen LogP contribution in [-0.4, -0.2) is 45.5 Å². The molecule has 6 nitrogen and oxygen atoms in total. The molecule has 1 N–H and O–H groups in total. The molecule has 1 atom stereocenters. The molecule has 0 aliphatic heterocycles. The summed E-state index contributed by atoms with van der Waals surface area (Å²) in [5.74, 6) is -0.727. The predicted molar refractivity (Wildman–Crippen MR) is 67.8 cm³/mol. The summed E-state index contributed by atoms with van der Waals surface area (Å²) in [6, 6.07) is 0. The monoisotopic (exact) mass is 279 g/mol. The number of carbonyl (C=O) groups is 2. The van der Waals surface area contributed by atoms with Crippen LogP contribution in [0.15, 0.2) is 0 Å². The number of nitrogens with one attached hydrogen (secondary N) is 1. The van der Waals surface area contributed by atoms with Gasteiger partial charge in [0.25, 0.3) is 0 Å². The number of ether oxygens (including phenoxy) is 1. The Morgan fingerprint density at radius 1 is 1.22 bits per heavy atom. The molecule has 0 saturated heterocycles. The zero-order valence-corrected chi connectivity index (χ0v) is 11.9. The van der Waals surface area contributed by atoms with Gasteiger partial charge in [0.15, 0.2) is 9.84 Å². The van der Waals surface area contributed by atoms with Crippen molar-refractivity contribution >= 4 is 21.7 Å². The van der Waals surface area contributed by atoms with E-state index in [0.29, 0.717) is 25.8 Å². The van der Waals surface area contributed by atoms with Crippen LogP contribution in [0.3, 0.4) is 0 Å². The minimum absolute atomic E-state index is 0.246. The van der Waals surface area contributed by atoms with Crippen LogP contribution in [0.5, 0.6) is 0 Å². The summed E-state index contributed by atoms with van der Waals surface area (Å²) in [5, 5.41) is 1.54. The van der Waals surface area contributed by atoms with Gasteiger partial charge in [-0.1, -0.05) is 6.42 Å². The van der Waals surface area contributed by atoms with Gasteiger partial charge in [0, 0.05) is 19.2 Å². The number of methoxy groups -OCH3 is 1. The van der Waals surface area contributed by atoms with Gasteiger partial charge in [-0.3, -0.25) is 9.59 Å². The highest BCUT2D eigenvalue weighted by atomic mass is 32.2. The maximum Gasteiger partial charge on any atom is 0.305 e. The Morgan fingerprint density at radius 2 is 1.83 bits per heavy atom. The Hall–Kier alpha value is -1.11. The highest BCUT2D eigenvalue weighted by Crippen LogP contribution is 2.01. The van der Waals surface area contributed by atoms with Crippen molar-refractivity contribution in [1.29, 1.82) is 0 Å². The molecule has 1 unspecified atom stereocenters. The van der Waals surface area contributed by atoms with E-state index >= 15 is 0 Å². The van der Waals surface area contributed by atoms with Crippen molar-refractivity contribution in [3.05, 3.63) is 0 Å². The second-order valence-corrected chi connectivity index (χ2v) is 6.52. The molecule has 0 rings (SSSR count). The van der Waals surface area contributed by atoms with Crippen LogP contribution in [0.2, 0.25) is 0 Å². The highest BCUT2D eigenvalue weighted by Gasteiger charge is 2.22. The summed E-state index contributed by atoms with van der Waals surface area (Å²) in [6.07, 6.45) is 3.59. The van der Waals surface area contributed by atoms with Gasteiger partial charge >= 0.3 is 5.97 Å². The van der Waals surface area contributed by atoms with Gasteiger partial charge < -0.3 is 10.1 Å². The normalized spacial score (nSPS) is 12.8. The predicted octanol–water partition coefficient (Wildman–Crippen LogP) is 0.269. The second-order valence-electron chi connectivity index (χ2n) is 4.15. The van der Waals surface area contributed by atoms with Crippen LogP contribution in [0.4, 0.5) is 0 Å². The Balaban J connectivity index is 3.68. The van der Waals surface area contributed by atoms with E-state index in [4.69, 9.17) is 0 Å². The summed E-state index contributed by atoms with van der Waals surface area (Å²) < 4.78 is 26.7. The zero-order valence-electron chi connectivity index (χ0n) is 11.1. The van der Waals surface area contributed by atoms with E-state index in [0.717, 1.165) is 12.7 Å². The summed E-state index contributed by atoms with van der Waals surface area (Å²) in [7, 11) is -1.99. The molecule has 0 fully saturated rings. The smallest absolute Gasteiger partial charge is 0.305 e. The Morgan fingerprint density at radius 3 is 2.33 bits per heavy atom. The molecule has 0 aromatic carbocycles. The van der Waals surface area contributed by atoms with Crippen LogP contribution < -0.4 is 5.32 Å². The van der Waals surface area contributed by atoms with Gasteiger partial charge in [-0.15, -0.1) is 0 Å². The number of hydrogen-bond donors (Lipinski definition) is 1. The van der Waals surface area contributed by atoms with E-state index in [1.54, 1.807) is 0 Å². The zero-order chi connectivity index (χ0) is 14.2. The van der Waals surface area contributed by atoms with Crippen LogP contribution in [0.25, 0.3) is 0 Å². The Labute approximate surface area is 108 Å². The molecule has 0 saturated carbocycles. The lowest BCUT2D eigenvalue weighted by atomic mass is 10.2. The fraction of sp³-hybridized carbons (Fsp3) is 0.818. The first-order valence-corrected chi connectivity index (χ1v) is 7.78. The molecule has 0 bridgehead atoms. The van der Waals surface area contributed by atoms with E-state index in [2.05, 4.69) is 10.1 Å². The maximum atomic E-state index is 11.4. The van der Waals surface area contributed by atoms with Gasteiger partial charge in [-0.25, -0.2) is 8.42 Å². The Kier molecular flexibility index (Phi) is 7.58. The molecule has 0 aliphatic carbocycles. The van der Waals surface area contributed by atoms with Gasteiger partial charge in [-0.2, -0.15) is 0 Å². The van der Waals surface area contributed by atoms with Crippen LogP contribution in [0.1, 0.15) is 32.6 Å². The van der Waals surface area contributed by atoms with E-state index in [1.807, 2.05) is 0 Å². The lowest BCUT2D eigenvalue weighted by Gasteiger charge is -2.10. The van der Waals surface area contributed by atoms with Gasteiger partial charge in [0.1, 0.15) is 5.25 Å². The van der Waals surface area contributed by atoms with E-state index in [1.165, 1.54) is 14.0 Å². The summed E-state index contributed by atoms with van der Waals surface area (Å²) >= 11 is 0. The average molecular weight is 279 g/mol. The largest absolute Gasteiger partial charge is 0.469 e. The van der Waals surface area contributed by atoms with Gasteiger partial charge in [-0.05, 0) is 19.8 Å². The fourth-order valence-corrected chi connectivity index (χ4v) is 1.70. The minimum Gasteiger partial charge on any atom is -0.469 e. The molecule has 7 heteroatoms. The number of amides is 1. The Bertz CT molecular complexity index is 377. The lowest BCUT2D eigenvalue weighted by Crippen LogP contribution is -2.37. The molecule has 1 amide bonds. The SMILES string of the molecule is COC(=O)CCCCCNC(=O)C(C)S(C)(=O)=O. The first-order chi connectivity index (χ1) is 8.29. The van der Waals surface area contributed by atoms with Crippen molar-refractivity contribution in [1.82, 2.24) is 5.32 Å². The van der Waals surface area contributed by atoms with Gasteiger partial charge in [0.2, 0.25) is 5.91 Å². The van der Waals surface area contributed by atoms with Crippen molar-refractivity contribution < 1.29 is 22.7 Å². The molecular weight excluding hydrogens is 258 g/mol. The number of rotatable bonds is 8. The average Bonchev–Trinajstić information content (AvgIpc) is 2.30. The number of carbonyl (C=O) groups excluding carboxylic acids is 2. The molecule has 18 heavy (non-hydrogen) atoms. The molecule has 0 aliphatic rings. The summed E-state index contributed by atoms with van der Waals surface area (Å²) in [6.45, 7) is 1.78. The second kappa shape index (κ2) is 8.07. The van der Waals surface area contributed by atoms with Crippen molar-refractivity contribution in [2.24, 2.45) is 0 Å². The van der Waals surface area contributed by atoms with Crippen molar-refractivity contribution in [3.8, 4) is 0 Å². The lowest BCUT2D eigenvalue weighted by molar-refractivity contribution is -0.140. The standard InChI is InChI=1S/C11H21NO5S/c1-9(18(3,15)16)11(14)12-8-6-4-5-7-10(13)17-2/h9H,4-8H2,1-3H3,(H,12,14). The molecule has 0 heterocycles. The number of hydrogen-bond acceptors (Lipinski definition) is 5. The van der Waals surface area contributed by atoms with E-state index in [9.17, 15) is 18.0 Å². The van der Waals surface area contributed by atoms with Gasteiger partial charge in [0.05, 0.1) is 7.11 Å². The van der Waals surface area contributed by atoms with Crippen LogP contribution >= 0.6 is 0 Å². The number of esters is 1. The van der Waals surface area contributed by atoms with Crippen LogP contribution in [0, 0.1) is 0 Å². The molecule has 0 aromatic rings. The number of unbranched alkanes of at least 4 members (excludes halogenated alkanes) is 2. The number of sulfone groups is 1.